The quantitative estimate of drug-likeness (QED) is 0.326. The minimum absolute atomic E-state index is 0.0854. The van der Waals surface area contributed by atoms with Gasteiger partial charge < -0.3 is 30.9 Å². The number of hydrogen-bond acceptors (Lipinski definition) is 7. The SMILES string of the molecule is CCC(=S)NC[C@H]1CN(c2ccc(N3CCN(C(=O)CCCc4ccc(NCC(N)=O)cc4)CC3)c(F)c2)C(=O)O1. The Balaban J connectivity index is 1.21. The van der Waals surface area contributed by atoms with Crippen molar-refractivity contribution in [2.45, 2.75) is 38.7 Å². The van der Waals surface area contributed by atoms with Crippen molar-refractivity contribution in [2.24, 2.45) is 5.73 Å². The molecule has 0 spiro atoms. The summed E-state index contributed by atoms with van der Waals surface area (Å²) in [6.45, 7) is 4.86. The molecule has 2 aliphatic heterocycles. The zero-order valence-electron chi connectivity index (χ0n) is 23.2. The van der Waals surface area contributed by atoms with Crippen molar-refractivity contribution in [3.8, 4) is 0 Å². The van der Waals surface area contributed by atoms with Crippen LogP contribution in [0.3, 0.4) is 0 Å². The third-order valence-electron chi connectivity index (χ3n) is 7.21. The predicted molar refractivity (Wildman–Crippen MR) is 161 cm³/mol. The normalized spacial score (nSPS) is 16.9. The van der Waals surface area contributed by atoms with Crippen molar-refractivity contribution >= 4 is 52.2 Å². The molecule has 2 aliphatic rings. The molecule has 3 amide bonds. The van der Waals surface area contributed by atoms with Gasteiger partial charge in [-0.3, -0.25) is 14.5 Å². The molecule has 0 unspecified atom stereocenters. The summed E-state index contributed by atoms with van der Waals surface area (Å²) in [4.78, 5) is 41.9. The zero-order chi connectivity index (χ0) is 29.4. The van der Waals surface area contributed by atoms with Gasteiger partial charge in [0, 0.05) is 38.3 Å². The summed E-state index contributed by atoms with van der Waals surface area (Å²) in [5.41, 5.74) is 7.98. The van der Waals surface area contributed by atoms with E-state index in [1.54, 1.807) is 12.1 Å². The fraction of sp³-hybridized carbons (Fsp3) is 0.448. The van der Waals surface area contributed by atoms with Crippen molar-refractivity contribution < 1.29 is 23.5 Å². The number of nitrogens with one attached hydrogen (secondary N) is 2. The van der Waals surface area contributed by atoms with Gasteiger partial charge in [-0.25, -0.2) is 9.18 Å². The molecule has 2 saturated heterocycles. The summed E-state index contributed by atoms with van der Waals surface area (Å²) in [5, 5.41) is 6.02. The van der Waals surface area contributed by atoms with E-state index < -0.39 is 17.8 Å². The number of nitrogens with two attached hydrogens (primary N) is 1. The van der Waals surface area contributed by atoms with Crippen LogP contribution in [0.5, 0.6) is 0 Å². The molecule has 0 aromatic heterocycles. The van der Waals surface area contributed by atoms with Crippen molar-refractivity contribution in [1.82, 2.24) is 10.2 Å². The van der Waals surface area contributed by atoms with Crippen molar-refractivity contribution in [3.05, 3.63) is 53.8 Å². The van der Waals surface area contributed by atoms with E-state index in [0.717, 1.165) is 24.1 Å². The van der Waals surface area contributed by atoms with Crippen molar-refractivity contribution in [3.63, 3.8) is 0 Å². The largest absolute Gasteiger partial charge is 0.442 e. The molecule has 2 fully saturated rings. The minimum Gasteiger partial charge on any atom is -0.442 e. The van der Waals surface area contributed by atoms with Gasteiger partial charge in [0.25, 0.3) is 0 Å². The van der Waals surface area contributed by atoms with E-state index in [1.807, 2.05) is 41.0 Å². The number of carbonyl (C=O) groups excluding carboxylic acids is 3. The number of carbonyl (C=O) groups is 3. The maximum Gasteiger partial charge on any atom is 0.414 e. The number of ether oxygens (including phenoxy) is 1. The van der Waals surface area contributed by atoms with E-state index >= 15 is 4.39 Å². The van der Waals surface area contributed by atoms with Crippen LogP contribution in [0, 0.1) is 5.82 Å². The first-order valence-corrected chi connectivity index (χ1v) is 14.3. The average Bonchev–Trinajstić information content (AvgIpc) is 3.35. The molecule has 0 aliphatic carbocycles. The predicted octanol–water partition coefficient (Wildman–Crippen LogP) is 3.05. The fourth-order valence-electron chi connectivity index (χ4n) is 4.89. The molecule has 4 rings (SSSR count). The van der Waals surface area contributed by atoms with Crippen molar-refractivity contribution in [1.29, 1.82) is 0 Å². The first-order valence-electron chi connectivity index (χ1n) is 13.9. The molecule has 10 nitrogen and oxygen atoms in total. The maximum atomic E-state index is 15.1. The molecule has 220 valence electrons. The number of cyclic esters (lactones) is 1. The van der Waals surface area contributed by atoms with E-state index in [0.29, 0.717) is 68.5 Å². The van der Waals surface area contributed by atoms with E-state index in [1.165, 1.54) is 11.0 Å². The third kappa shape index (κ3) is 8.29. The Morgan fingerprint density at radius 3 is 2.51 bits per heavy atom. The first-order chi connectivity index (χ1) is 19.7. The lowest BCUT2D eigenvalue weighted by Gasteiger charge is -2.36. The Morgan fingerprint density at radius 1 is 1.12 bits per heavy atom. The number of amides is 3. The van der Waals surface area contributed by atoms with Crippen molar-refractivity contribution in [2.75, 3.05) is 60.9 Å². The lowest BCUT2D eigenvalue weighted by atomic mass is 10.1. The van der Waals surface area contributed by atoms with Crippen LogP contribution < -0.4 is 26.2 Å². The summed E-state index contributed by atoms with van der Waals surface area (Å²) in [7, 11) is 0. The number of piperazine rings is 1. The Kier molecular flexibility index (Phi) is 10.3. The molecule has 0 radical (unpaired) electrons. The summed E-state index contributed by atoms with van der Waals surface area (Å²) in [5.74, 6) is -0.742. The van der Waals surface area contributed by atoms with Crippen LogP contribution in [-0.4, -0.2) is 79.7 Å². The second kappa shape index (κ2) is 14.1. The van der Waals surface area contributed by atoms with Crippen LogP contribution >= 0.6 is 12.2 Å². The lowest BCUT2D eigenvalue weighted by molar-refractivity contribution is -0.131. The van der Waals surface area contributed by atoms with Gasteiger partial charge in [-0.2, -0.15) is 0 Å². The van der Waals surface area contributed by atoms with E-state index in [4.69, 9.17) is 22.7 Å². The molecule has 2 heterocycles. The Morgan fingerprint density at radius 2 is 1.85 bits per heavy atom. The van der Waals surface area contributed by atoms with Gasteiger partial charge in [-0.15, -0.1) is 0 Å². The highest BCUT2D eigenvalue weighted by atomic mass is 32.1. The van der Waals surface area contributed by atoms with Gasteiger partial charge in [0.05, 0.1) is 36.0 Å². The fourth-order valence-corrected chi connectivity index (χ4v) is 4.97. The minimum atomic E-state index is -0.507. The number of primary amides is 1. The summed E-state index contributed by atoms with van der Waals surface area (Å²) in [6.07, 6.45) is 1.78. The van der Waals surface area contributed by atoms with Crippen LogP contribution in [0.15, 0.2) is 42.5 Å². The van der Waals surface area contributed by atoms with Gasteiger partial charge in [0.15, 0.2) is 0 Å². The third-order valence-corrected chi connectivity index (χ3v) is 7.65. The first kappa shape index (κ1) is 30.0. The Labute approximate surface area is 245 Å². The number of aryl methyl sites for hydroxylation is 1. The Bertz CT molecular complexity index is 1250. The van der Waals surface area contributed by atoms with Gasteiger partial charge in [-0.05, 0) is 55.2 Å². The highest BCUT2D eigenvalue weighted by Crippen LogP contribution is 2.28. The van der Waals surface area contributed by atoms with E-state index in [2.05, 4.69) is 10.6 Å². The zero-order valence-corrected chi connectivity index (χ0v) is 24.1. The molecule has 2 aromatic rings. The van der Waals surface area contributed by atoms with Gasteiger partial charge >= 0.3 is 6.09 Å². The number of hydrogen-bond donors (Lipinski definition) is 3. The van der Waals surface area contributed by atoms with Crippen LogP contribution in [0.2, 0.25) is 0 Å². The van der Waals surface area contributed by atoms with Gasteiger partial charge in [0.2, 0.25) is 11.8 Å². The second-order valence-electron chi connectivity index (χ2n) is 10.1. The van der Waals surface area contributed by atoms with E-state index in [9.17, 15) is 14.4 Å². The van der Waals surface area contributed by atoms with Crippen LogP contribution in [0.1, 0.15) is 31.7 Å². The molecule has 2 aromatic carbocycles. The molecular formula is C29H37FN6O4S. The summed E-state index contributed by atoms with van der Waals surface area (Å²) >= 11 is 5.16. The number of nitrogens with zero attached hydrogens (tertiary/aromatic N) is 3. The molecule has 41 heavy (non-hydrogen) atoms. The highest BCUT2D eigenvalue weighted by molar-refractivity contribution is 7.80. The van der Waals surface area contributed by atoms with Crippen LogP contribution in [0.25, 0.3) is 0 Å². The number of thiocarbonyl (C=S) groups is 1. The van der Waals surface area contributed by atoms with Gasteiger partial charge in [-0.1, -0.05) is 31.3 Å². The maximum absolute atomic E-state index is 15.1. The Hall–Kier alpha value is -3.93. The molecule has 1 atom stereocenters. The molecular weight excluding hydrogens is 547 g/mol. The number of halogens is 1. The number of rotatable bonds is 12. The lowest BCUT2D eigenvalue weighted by Crippen LogP contribution is -2.49. The molecule has 12 heteroatoms. The summed E-state index contributed by atoms with van der Waals surface area (Å²) in [6, 6.07) is 12.5. The molecule has 0 bridgehead atoms. The van der Waals surface area contributed by atoms with Gasteiger partial charge in [0.1, 0.15) is 11.9 Å². The average molecular weight is 585 g/mol. The second-order valence-corrected chi connectivity index (χ2v) is 10.6. The topological polar surface area (TPSA) is 120 Å². The smallest absolute Gasteiger partial charge is 0.414 e. The van der Waals surface area contributed by atoms with Crippen LogP contribution in [-0.2, 0) is 20.7 Å². The number of anilines is 3. The molecule has 0 saturated carbocycles. The number of benzene rings is 2. The summed E-state index contributed by atoms with van der Waals surface area (Å²) < 4.78 is 20.5. The molecule has 4 N–H and O–H groups in total. The monoisotopic (exact) mass is 584 g/mol. The standard InChI is InChI=1S/C29H37FN6O4S/c1-2-27(41)33-17-23-19-36(29(39)40-23)22-10-11-25(24(30)16-22)34-12-14-35(15-13-34)28(38)5-3-4-20-6-8-21(9-7-20)32-18-26(31)37/h6-11,16,23,32H,2-5,12-15,17-19H2,1H3,(H2,31,37)(H,33,41)/t23-/m0/s1. The van der Waals surface area contributed by atoms with E-state index in [-0.39, 0.29) is 18.6 Å². The highest BCUT2D eigenvalue weighted by Gasteiger charge is 2.33. The van der Waals surface area contributed by atoms with Crippen LogP contribution in [0.4, 0.5) is 26.2 Å².